The molecule has 0 fully saturated rings. The largest absolute Gasteiger partial charge is 0.513 e. The zero-order valence-electron chi connectivity index (χ0n) is 18.4. The number of aliphatic hydroxyl groups excluding tert-OH is 1. The summed E-state index contributed by atoms with van der Waals surface area (Å²) in [5, 5.41) is 9.01. The normalized spacial score (nSPS) is 10.8. The minimum Gasteiger partial charge on any atom is -0.513 e. The van der Waals surface area contributed by atoms with Crippen LogP contribution in [0.2, 0.25) is 0 Å². The highest BCUT2D eigenvalue weighted by molar-refractivity contribution is 7.99. The van der Waals surface area contributed by atoms with Gasteiger partial charge in [-0.05, 0) is 60.6 Å². The number of rotatable bonds is 18. The molecule has 0 unspecified atom stereocenters. The molecule has 0 radical (unpaired) electrons. The lowest BCUT2D eigenvalue weighted by molar-refractivity contribution is 0.125. The zero-order valence-corrected chi connectivity index (χ0v) is 19.2. The fourth-order valence-electron chi connectivity index (χ4n) is 3.22. The molecule has 0 aromatic heterocycles. The first-order chi connectivity index (χ1) is 14.1. The second-order valence-corrected chi connectivity index (χ2v) is 8.62. The lowest BCUT2D eigenvalue weighted by atomic mass is 9.99. The monoisotopic (exact) mass is 416 g/mol. The number of unbranched alkanes of at least 4 members (excludes halogenated alkanes) is 6. The van der Waals surface area contributed by atoms with Crippen LogP contribution in [-0.4, -0.2) is 24.1 Å². The Morgan fingerprint density at radius 3 is 2.31 bits per heavy atom. The molecule has 0 bridgehead atoms. The summed E-state index contributed by atoms with van der Waals surface area (Å²) in [5.41, 5.74) is 3.68. The SMILES string of the molecule is C=Cc1cccc(SCCCCCCCCOCCCCC(=C)O)c1C(=C)CC. The van der Waals surface area contributed by atoms with Crippen molar-refractivity contribution in [3.8, 4) is 0 Å². The molecular weight excluding hydrogens is 376 g/mol. The van der Waals surface area contributed by atoms with Crippen molar-refractivity contribution in [1.82, 2.24) is 0 Å². The van der Waals surface area contributed by atoms with Gasteiger partial charge < -0.3 is 9.84 Å². The summed E-state index contributed by atoms with van der Waals surface area (Å²) in [7, 11) is 0. The van der Waals surface area contributed by atoms with E-state index in [4.69, 9.17) is 9.84 Å². The number of hydrogen-bond acceptors (Lipinski definition) is 3. The molecule has 0 aliphatic heterocycles. The second kappa shape index (κ2) is 16.4. The molecule has 1 aromatic rings. The Morgan fingerprint density at radius 1 is 1.00 bits per heavy atom. The smallest absolute Gasteiger partial charge is 0.0851 e. The van der Waals surface area contributed by atoms with Crippen LogP contribution in [-0.2, 0) is 4.74 Å². The summed E-state index contributed by atoms with van der Waals surface area (Å²) >= 11 is 1.95. The van der Waals surface area contributed by atoms with Crippen molar-refractivity contribution in [2.75, 3.05) is 19.0 Å². The molecule has 0 heterocycles. The van der Waals surface area contributed by atoms with E-state index in [1.54, 1.807) is 0 Å². The van der Waals surface area contributed by atoms with Gasteiger partial charge in [0.15, 0.2) is 0 Å². The molecule has 0 amide bonds. The molecule has 1 N–H and O–H groups in total. The van der Waals surface area contributed by atoms with Crippen LogP contribution >= 0.6 is 11.8 Å². The second-order valence-electron chi connectivity index (χ2n) is 7.49. The molecule has 1 aromatic carbocycles. The van der Waals surface area contributed by atoms with Gasteiger partial charge in [-0.15, -0.1) is 11.8 Å². The number of aliphatic hydroxyl groups is 1. The maximum Gasteiger partial charge on any atom is 0.0851 e. The van der Waals surface area contributed by atoms with E-state index in [0.29, 0.717) is 6.42 Å². The maximum absolute atomic E-state index is 9.01. The maximum atomic E-state index is 9.01. The van der Waals surface area contributed by atoms with Gasteiger partial charge in [-0.2, -0.15) is 0 Å². The fourth-order valence-corrected chi connectivity index (χ4v) is 4.37. The Morgan fingerprint density at radius 2 is 1.66 bits per heavy atom. The Labute approximate surface area is 183 Å². The van der Waals surface area contributed by atoms with Gasteiger partial charge in [0.2, 0.25) is 0 Å². The lowest BCUT2D eigenvalue weighted by Crippen LogP contribution is -1.97. The van der Waals surface area contributed by atoms with Crippen molar-refractivity contribution in [3.05, 3.63) is 54.8 Å². The summed E-state index contributed by atoms with van der Waals surface area (Å²) in [6.45, 7) is 15.5. The highest BCUT2D eigenvalue weighted by atomic mass is 32.2. The van der Waals surface area contributed by atoms with E-state index in [0.717, 1.165) is 44.6 Å². The van der Waals surface area contributed by atoms with Crippen LogP contribution < -0.4 is 0 Å². The van der Waals surface area contributed by atoms with Gasteiger partial charge in [0, 0.05) is 24.5 Å². The van der Waals surface area contributed by atoms with E-state index >= 15 is 0 Å². The predicted octanol–water partition coefficient (Wildman–Crippen LogP) is 8.44. The van der Waals surface area contributed by atoms with E-state index in [1.165, 1.54) is 53.7 Å². The van der Waals surface area contributed by atoms with Crippen LogP contribution in [0.5, 0.6) is 0 Å². The molecule has 162 valence electrons. The van der Waals surface area contributed by atoms with Crippen molar-refractivity contribution in [2.24, 2.45) is 0 Å². The quantitative estimate of drug-likeness (QED) is 0.148. The Bertz CT molecular complexity index is 621. The van der Waals surface area contributed by atoms with Gasteiger partial charge in [0.05, 0.1) is 5.76 Å². The highest BCUT2D eigenvalue weighted by Gasteiger charge is 2.09. The number of benzene rings is 1. The van der Waals surface area contributed by atoms with E-state index in [2.05, 4.69) is 44.9 Å². The van der Waals surface area contributed by atoms with Gasteiger partial charge in [0.25, 0.3) is 0 Å². The lowest BCUT2D eigenvalue weighted by Gasteiger charge is -2.14. The Balaban J connectivity index is 2.07. The van der Waals surface area contributed by atoms with Crippen molar-refractivity contribution < 1.29 is 9.84 Å². The number of hydrogen-bond donors (Lipinski definition) is 1. The minimum atomic E-state index is 0.278. The van der Waals surface area contributed by atoms with Gasteiger partial charge in [0.1, 0.15) is 0 Å². The Kier molecular flexibility index (Phi) is 14.4. The molecule has 0 saturated heterocycles. The molecule has 1 rings (SSSR count). The minimum absolute atomic E-state index is 0.278. The Hall–Kier alpha value is -1.45. The highest BCUT2D eigenvalue weighted by Crippen LogP contribution is 2.33. The van der Waals surface area contributed by atoms with Gasteiger partial charge >= 0.3 is 0 Å². The molecule has 0 saturated carbocycles. The van der Waals surface area contributed by atoms with E-state index < -0.39 is 0 Å². The summed E-state index contributed by atoms with van der Waals surface area (Å²) in [5.74, 6) is 1.44. The van der Waals surface area contributed by atoms with Crippen molar-refractivity contribution in [2.45, 2.75) is 76.0 Å². The van der Waals surface area contributed by atoms with Crippen LogP contribution in [0.25, 0.3) is 11.6 Å². The van der Waals surface area contributed by atoms with Crippen molar-refractivity contribution in [1.29, 1.82) is 0 Å². The molecule has 0 aliphatic carbocycles. The van der Waals surface area contributed by atoms with Crippen LogP contribution in [0, 0.1) is 0 Å². The van der Waals surface area contributed by atoms with E-state index in [1.807, 2.05) is 17.8 Å². The van der Waals surface area contributed by atoms with Crippen LogP contribution in [0.4, 0.5) is 0 Å². The van der Waals surface area contributed by atoms with Crippen LogP contribution in [0.15, 0.2) is 48.6 Å². The third kappa shape index (κ3) is 11.3. The average Bonchev–Trinajstić information content (AvgIpc) is 2.72. The molecule has 29 heavy (non-hydrogen) atoms. The third-order valence-electron chi connectivity index (χ3n) is 5.00. The summed E-state index contributed by atoms with van der Waals surface area (Å²) in [6.07, 6.45) is 13.1. The molecule has 0 spiro atoms. The topological polar surface area (TPSA) is 29.5 Å². The first-order valence-corrected chi connectivity index (χ1v) is 12.1. The van der Waals surface area contributed by atoms with Crippen LogP contribution in [0.3, 0.4) is 0 Å². The number of ether oxygens (including phenoxy) is 1. The van der Waals surface area contributed by atoms with Crippen LogP contribution in [0.1, 0.15) is 82.3 Å². The molecule has 3 heteroatoms. The first-order valence-electron chi connectivity index (χ1n) is 11.1. The fraction of sp³-hybridized carbons (Fsp3) is 0.538. The molecule has 0 atom stereocenters. The summed E-state index contributed by atoms with van der Waals surface area (Å²) < 4.78 is 5.64. The summed E-state index contributed by atoms with van der Waals surface area (Å²) in [4.78, 5) is 1.34. The number of allylic oxidation sites excluding steroid dienone is 2. The predicted molar refractivity (Wildman–Crippen MR) is 131 cm³/mol. The van der Waals surface area contributed by atoms with Crippen molar-refractivity contribution in [3.63, 3.8) is 0 Å². The van der Waals surface area contributed by atoms with E-state index in [-0.39, 0.29) is 5.76 Å². The van der Waals surface area contributed by atoms with Gasteiger partial charge in [-0.3, -0.25) is 0 Å². The third-order valence-corrected chi connectivity index (χ3v) is 6.15. The standard InChI is InChI=1S/C26H40O2S/c1-5-22(3)26-24(6-2)17-15-18-25(26)29-21-14-10-8-7-9-12-19-28-20-13-11-16-23(4)27/h6,15,17-18,27H,2-5,7-14,16,19-21H2,1H3. The summed E-state index contributed by atoms with van der Waals surface area (Å²) in [6, 6.07) is 6.47. The van der Waals surface area contributed by atoms with Crippen molar-refractivity contribution >= 4 is 23.4 Å². The average molecular weight is 417 g/mol. The number of thioether (sulfide) groups is 1. The van der Waals surface area contributed by atoms with Gasteiger partial charge in [-0.25, -0.2) is 0 Å². The zero-order chi connectivity index (χ0) is 21.3. The molecule has 2 nitrogen and oxygen atoms in total. The van der Waals surface area contributed by atoms with E-state index in [9.17, 15) is 0 Å². The molecule has 0 aliphatic rings. The molecular formula is C26H40O2S. The van der Waals surface area contributed by atoms with Gasteiger partial charge in [-0.1, -0.05) is 70.6 Å². The first kappa shape index (κ1) is 25.6.